The summed E-state index contributed by atoms with van der Waals surface area (Å²) in [6.07, 6.45) is 0.267. The highest BCUT2D eigenvalue weighted by Crippen LogP contribution is 2.09. The maximum absolute atomic E-state index is 11.9. The van der Waals surface area contributed by atoms with Crippen LogP contribution in [0.5, 0.6) is 0 Å². The number of nitrogens with one attached hydrogen (secondary N) is 1. The second-order valence-electron chi connectivity index (χ2n) is 4.88. The summed E-state index contributed by atoms with van der Waals surface area (Å²) in [6, 6.07) is 7.59. The van der Waals surface area contributed by atoms with E-state index in [0.717, 1.165) is 0 Å². The van der Waals surface area contributed by atoms with Crippen LogP contribution in [0.15, 0.2) is 30.3 Å². The van der Waals surface area contributed by atoms with E-state index in [1.54, 1.807) is 30.3 Å². The molecule has 0 fully saturated rings. The van der Waals surface area contributed by atoms with Gasteiger partial charge < -0.3 is 5.11 Å². The van der Waals surface area contributed by atoms with Crippen molar-refractivity contribution in [2.24, 2.45) is 5.92 Å². The summed E-state index contributed by atoms with van der Waals surface area (Å²) in [7, 11) is -3.66. The molecule has 5 nitrogen and oxygen atoms in total. The van der Waals surface area contributed by atoms with Crippen molar-refractivity contribution in [2.75, 3.05) is 0 Å². The summed E-state index contributed by atoms with van der Waals surface area (Å²) in [6.45, 7) is 3.70. The van der Waals surface area contributed by atoms with Gasteiger partial charge in [-0.05, 0) is 17.9 Å². The van der Waals surface area contributed by atoms with Crippen LogP contribution in [0.3, 0.4) is 0 Å². The highest BCUT2D eigenvalue weighted by Gasteiger charge is 2.24. The molecule has 106 valence electrons. The van der Waals surface area contributed by atoms with Gasteiger partial charge in [0, 0.05) is 0 Å². The lowest BCUT2D eigenvalue weighted by Crippen LogP contribution is -2.42. The molecule has 0 aliphatic carbocycles. The molecule has 0 bridgehead atoms. The Morgan fingerprint density at radius 1 is 1.26 bits per heavy atom. The summed E-state index contributed by atoms with van der Waals surface area (Å²) in [5.74, 6) is -1.26. The second-order valence-corrected chi connectivity index (χ2v) is 6.64. The number of hydrogen-bond donors (Lipinski definition) is 2. The zero-order valence-corrected chi connectivity index (χ0v) is 11.9. The van der Waals surface area contributed by atoms with Gasteiger partial charge in [-0.1, -0.05) is 44.2 Å². The first-order valence-corrected chi connectivity index (χ1v) is 7.72. The number of carboxylic acids is 1. The Bertz CT molecular complexity index is 511. The molecule has 6 heteroatoms. The van der Waals surface area contributed by atoms with Crippen molar-refractivity contribution in [1.82, 2.24) is 4.72 Å². The van der Waals surface area contributed by atoms with Crippen LogP contribution in [0, 0.1) is 5.92 Å². The van der Waals surface area contributed by atoms with Crippen LogP contribution in [0.25, 0.3) is 0 Å². The molecule has 2 N–H and O–H groups in total. The smallest absolute Gasteiger partial charge is 0.321 e. The van der Waals surface area contributed by atoms with Crippen molar-refractivity contribution in [3.63, 3.8) is 0 Å². The van der Waals surface area contributed by atoms with E-state index in [-0.39, 0.29) is 18.1 Å². The Balaban J connectivity index is 2.74. The summed E-state index contributed by atoms with van der Waals surface area (Å²) in [5.41, 5.74) is 0.628. The van der Waals surface area contributed by atoms with Crippen LogP contribution < -0.4 is 4.72 Å². The van der Waals surface area contributed by atoms with Gasteiger partial charge in [-0.15, -0.1) is 0 Å². The first-order valence-electron chi connectivity index (χ1n) is 6.07. The highest BCUT2D eigenvalue weighted by atomic mass is 32.2. The number of hydrogen-bond acceptors (Lipinski definition) is 3. The van der Waals surface area contributed by atoms with Gasteiger partial charge in [0.05, 0.1) is 5.75 Å². The van der Waals surface area contributed by atoms with E-state index >= 15 is 0 Å². The first kappa shape index (κ1) is 15.7. The Hall–Kier alpha value is -1.40. The Morgan fingerprint density at radius 3 is 2.32 bits per heavy atom. The predicted molar refractivity (Wildman–Crippen MR) is 73.1 cm³/mol. The molecule has 0 unspecified atom stereocenters. The van der Waals surface area contributed by atoms with Crippen molar-refractivity contribution < 1.29 is 18.3 Å². The lowest BCUT2D eigenvalue weighted by molar-refractivity contribution is -0.139. The zero-order chi connectivity index (χ0) is 14.5. The van der Waals surface area contributed by atoms with Crippen LogP contribution in [0.2, 0.25) is 0 Å². The number of carbonyl (C=O) groups is 1. The lowest BCUT2D eigenvalue weighted by atomic mass is 10.1. The minimum Gasteiger partial charge on any atom is -0.480 e. The van der Waals surface area contributed by atoms with E-state index in [1.165, 1.54) is 0 Å². The Morgan fingerprint density at radius 2 is 1.84 bits per heavy atom. The van der Waals surface area contributed by atoms with Crippen LogP contribution in [0.4, 0.5) is 0 Å². The third kappa shape index (κ3) is 5.85. The Labute approximate surface area is 113 Å². The second kappa shape index (κ2) is 6.68. The van der Waals surface area contributed by atoms with Crippen molar-refractivity contribution in [3.05, 3.63) is 35.9 Å². The quantitative estimate of drug-likeness (QED) is 0.797. The molecule has 1 aromatic carbocycles. The molecule has 0 aliphatic rings. The number of rotatable bonds is 7. The summed E-state index contributed by atoms with van der Waals surface area (Å²) >= 11 is 0. The van der Waals surface area contributed by atoms with Gasteiger partial charge in [0.25, 0.3) is 0 Å². The molecule has 0 saturated heterocycles. The summed E-state index contributed by atoms with van der Waals surface area (Å²) in [4.78, 5) is 11.0. The van der Waals surface area contributed by atoms with Crippen molar-refractivity contribution in [1.29, 1.82) is 0 Å². The maximum Gasteiger partial charge on any atom is 0.321 e. The molecular weight excluding hydrogens is 266 g/mol. The van der Waals surface area contributed by atoms with Gasteiger partial charge in [-0.2, -0.15) is 0 Å². The SMILES string of the molecule is CC(C)C[C@@H](NS(=O)(=O)Cc1ccccc1)C(=O)O. The topological polar surface area (TPSA) is 83.5 Å². The Kier molecular flexibility index (Phi) is 5.50. The zero-order valence-electron chi connectivity index (χ0n) is 11.0. The molecular formula is C13H19NO4S. The van der Waals surface area contributed by atoms with Crippen molar-refractivity contribution in [3.8, 4) is 0 Å². The molecule has 19 heavy (non-hydrogen) atoms. The molecule has 0 aliphatic heterocycles. The average Bonchev–Trinajstić information content (AvgIpc) is 2.27. The molecule has 0 amide bonds. The van der Waals surface area contributed by atoms with Gasteiger partial charge in [-0.25, -0.2) is 13.1 Å². The first-order chi connectivity index (χ1) is 8.80. The van der Waals surface area contributed by atoms with Crippen LogP contribution in [-0.2, 0) is 20.6 Å². The van der Waals surface area contributed by atoms with Gasteiger partial charge in [0.15, 0.2) is 0 Å². The summed E-state index contributed by atoms with van der Waals surface area (Å²) < 4.78 is 26.1. The fourth-order valence-electron chi connectivity index (χ4n) is 1.72. The molecule has 0 radical (unpaired) electrons. The van der Waals surface area contributed by atoms with Crippen molar-refractivity contribution >= 4 is 16.0 Å². The van der Waals surface area contributed by atoms with E-state index < -0.39 is 22.0 Å². The van der Waals surface area contributed by atoms with Crippen LogP contribution in [0.1, 0.15) is 25.8 Å². The maximum atomic E-state index is 11.9. The normalized spacial score (nSPS) is 13.4. The monoisotopic (exact) mass is 285 g/mol. The van der Waals surface area contributed by atoms with Gasteiger partial charge in [-0.3, -0.25) is 4.79 Å². The van der Waals surface area contributed by atoms with Gasteiger partial charge >= 0.3 is 5.97 Å². The largest absolute Gasteiger partial charge is 0.480 e. The molecule has 1 aromatic rings. The molecule has 1 rings (SSSR count). The van der Waals surface area contributed by atoms with E-state index in [2.05, 4.69) is 4.72 Å². The third-order valence-electron chi connectivity index (χ3n) is 2.53. The fourth-order valence-corrected chi connectivity index (χ4v) is 3.07. The number of aliphatic carboxylic acids is 1. The van der Waals surface area contributed by atoms with Crippen LogP contribution >= 0.6 is 0 Å². The van der Waals surface area contributed by atoms with Crippen LogP contribution in [-0.4, -0.2) is 25.5 Å². The minimum absolute atomic E-state index is 0.0977. The number of benzene rings is 1. The average molecular weight is 285 g/mol. The lowest BCUT2D eigenvalue weighted by Gasteiger charge is -2.16. The highest BCUT2D eigenvalue weighted by molar-refractivity contribution is 7.88. The van der Waals surface area contributed by atoms with E-state index in [9.17, 15) is 13.2 Å². The number of carboxylic acid groups (broad SMARTS) is 1. The number of sulfonamides is 1. The summed E-state index contributed by atoms with van der Waals surface area (Å²) in [5, 5.41) is 9.02. The van der Waals surface area contributed by atoms with E-state index in [0.29, 0.717) is 5.56 Å². The molecule has 0 spiro atoms. The van der Waals surface area contributed by atoms with Gasteiger partial charge in [0.2, 0.25) is 10.0 Å². The van der Waals surface area contributed by atoms with Gasteiger partial charge in [0.1, 0.15) is 6.04 Å². The van der Waals surface area contributed by atoms with E-state index in [4.69, 9.17) is 5.11 Å². The molecule has 0 aromatic heterocycles. The molecule has 0 saturated carbocycles. The standard InChI is InChI=1S/C13H19NO4S/c1-10(2)8-12(13(15)16)14-19(17,18)9-11-6-4-3-5-7-11/h3-7,10,12,14H,8-9H2,1-2H3,(H,15,16)/t12-/m1/s1. The molecule has 1 atom stereocenters. The van der Waals surface area contributed by atoms with E-state index in [1.807, 2.05) is 13.8 Å². The third-order valence-corrected chi connectivity index (χ3v) is 3.88. The minimum atomic E-state index is -3.66. The molecule has 0 heterocycles. The predicted octanol–water partition coefficient (Wildman–Crippen LogP) is 1.61. The van der Waals surface area contributed by atoms with Crippen molar-refractivity contribution in [2.45, 2.75) is 32.1 Å². The fraction of sp³-hybridized carbons (Fsp3) is 0.462.